The van der Waals surface area contributed by atoms with Crippen LogP contribution in [0.1, 0.15) is 12.1 Å². The first-order valence-electron chi connectivity index (χ1n) is 4.72. The Morgan fingerprint density at radius 1 is 1.67 bits per heavy atom. The van der Waals surface area contributed by atoms with Crippen molar-refractivity contribution in [2.45, 2.75) is 25.4 Å². The summed E-state index contributed by atoms with van der Waals surface area (Å²) in [6.45, 7) is 1.79. The Balaban J connectivity index is 2.26. The molecule has 2 unspecified atom stereocenters. The van der Waals surface area contributed by atoms with Gasteiger partial charge < -0.3 is 11.1 Å². The number of rotatable bonds is 3. The van der Waals surface area contributed by atoms with Crippen LogP contribution in [-0.4, -0.2) is 22.0 Å². The molecule has 80 valence electrons. The zero-order valence-electron chi connectivity index (χ0n) is 8.30. The number of hydrogen-bond acceptors (Lipinski definition) is 5. The van der Waals surface area contributed by atoms with Crippen LogP contribution in [-0.2, 0) is 0 Å². The van der Waals surface area contributed by atoms with Crippen LogP contribution >= 0.6 is 0 Å². The number of nitrogens with one attached hydrogen (secondary N) is 1. The van der Waals surface area contributed by atoms with E-state index < -0.39 is 4.92 Å². The van der Waals surface area contributed by atoms with Gasteiger partial charge in [0.15, 0.2) is 0 Å². The summed E-state index contributed by atoms with van der Waals surface area (Å²) in [7, 11) is 0. The molecule has 3 N–H and O–H groups in total. The predicted octanol–water partition coefficient (Wildman–Crippen LogP) is 0.810. The molecule has 1 fully saturated rings. The van der Waals surface area contributed by atoms with Gasteiger partial charge in [-0.1, -0.05) is 0 Å². The molecular weight excluding hydrogens is 196 g/mol. The fourth-order valence-corrected chi connectivity index (χ4v) is 1.36. The number of nitrogens with two attached hydrogens (primary N) is 1. The lowest BCUT2D eigenvalue weighted by Gasteiger charge is -2.05. The Morgan fingerprint density at radius 2 is 2.33 bits per heavy atom. The van der Waals surface area contributed by atoms with Crippen LogP contribution in [0, 0.1) is 17.0 Å². The molecule has 15 heavy (non-hydrogen) atoms. The molecule has 2 atom stereocenters. The lowest BCUT2D eigenvalue weighted by molar-refractivity contribution is -0.384. The summed E-state index contributed by atoms with van der Waals surface area (Å²) >= 11 is 0. The van der Waals surface area contributed by atoms with Gasteiger partial charge in [-0.25, -0.2) is 4.98 Å². The van der Waals surface area contributed by atoms with Crippen molar-refractivity contribution in [3.63, 3.8) is 0 Å². The summed E-state index contributed by atoms with van der Waals surface area (Å²) < 4.78 is 0. The Kier molecular flexibility index (Phi) is 2.28. The lowest BCUT2D eigenvalue weighted by atomic mass is 10.3. The Bertz CT molecular complexity index is 407. The van der Waals surface area contributed by atoms with Crippen LogP contribution in [0.3, 0.4) is 0 Å². The van der Waals surface area contributed by atoms with E-state index >= 15 is 0 Å². The summed E-state index contributed by atoms with van der Waals surface area (Å²) in [5.74, 6) is 0.318. The van der Waals surface area contributed by atoms with E-state index in [0.29, 0.717) is 5.82 Å². The normalized spacial score (nSPS) is 23.6. The number of pyridine rings is 1. The van der Waals surface area contributed by atoms with E-state index in [1.807, 2.05) is 0 Å². The summed E-state index contributed by atoms with van der Waals surface area (Å²) in [5.41, 5.74) is 6.37. The topological polar surface area (TPSA) is 94.1 Å². The molecule has 1 aromatic heterocycles. The third kappa shape index (κ3) is 2.04. The van der Waals surface area contributed by atoms with Gasteiger partial charge in [-0.3, -0.25) is 10.1 Å². The average Bonchev–Trinajstić information content (AvgIpc) is 2.81. The quantitative estimate of drug-likeness (QED) is 0.566. The Morgan fingerprint density at radius 3 is 2.87 bits per heavy atom. The number of hydrogen-bond donors (Lipinski definition) is 2. The van der Waals surface area contributed by atoms with E-state index in [4.69, 9.17) is 5.73 Å². The van der Waals surface area contributed by atoms with Crippen molar-refractivity contribution in [3.8, 4) is 0 Å². The maximum Gasteiger partial charge on any atom is 0.311 e. The first-order valence-corrected chi connectivity index (χ1v) is 4.72. The Labute approximate surface area is 86.6 Å². The third-order valence-corrected chi connectivity index (χ3v) is 2.37. The standard InChI is InChI=1S/C9H12N4O2/c1-5-2-3-8(13(14)15)9(11-5)12-7-4-6(7)10/h2-3,6-7H,4,10H2,1H3,(H,11,12). The molecular formula is C9H12N4O2. The molecule has 0 spiro atoms. The monoisotopic (exact) mass is 208 g/mol. The first kappa shape index (κ1) is 9.85. The van der Waals surface area contributed by atoms with Gasteiger partial charge in [0.2, 0.25) is 5.82 Å². The van der Waals surface area contributed by atoms with Crippen LogP contribution in [0.25, 0.3) is 0 Å². The Hall–Kier alpha value is -1.69. The van der Waals surface area contributed by atoms with Gasteiger partial charge in [0, 0.05) is 23.8 Å². The van der Waals surface area contributed by atoms with Crippen molar-refractivity contribution in [2.75, 3.05) is 5.32 Å². The summed E-state index contributed by atoms with van der Waals surface area (Å²) in [6.07, 6.45) is 0.840. The van der Waals surface area contributed by atoms with E-state index in [9.17, 15) is 10.1 Å². The second-order valence-electron chi connectivity index (χ2n) is 3.73. The molecule has 0 amide bonds. The van der Waals surface area contributed by atoms with Crippen LogP contribution in [0.2, 0.25) is 0 Å². The molecule has 1 saturated carbocycles. The largest absolute Gasteiger partial charge is 0.360 e. The van der Waals surface area contributed by atoms with E-state index in [1.54, 1.807) is 13.0 Å². The molecule has 0 saturated heterocycles. The summed E-state index contributed by atoms with van der Waals surface area (Å²) in [5, 5.41) is 13.7. The molecule has 1 heterocycles. The third-order valence-electron chi connectivity index (χ3n) is 2.37. The fraction of sp³-hybridized carbons (Fsp3) is 0.444. The van der Waals surface area contributed by atoms with Crippen molar-refractivity contribution in [3.05, 3.63) is 27.9 Å². The van der Waals surface area contributed by atoms with Crippen molar-refractivity contribution < 1.29 is 4.92 Å². The van der Waals surface area contributed by atoms with Gasteiger partial charge in [0.25, 0.3) is 0 Å². The number of nitrogens with zero attached hydrogens (tertiary/aromatic N) is 2. The fourth-order valence-electron chi connectivity index (χ4n) is 1.36. The van der Waals surface area contributed by atoms with E-state index in [0.717, 1.165) is 12.1 Å². The van der Waals surface area contributed by atoms with Crippen molar-refractivity contribution in [1.82, 2.24) is 4.98 Å². The molecule has 0 radical (unpaired) electrons. The first-order chi connectivity index (χ1) is 7.08. The molecule has 1 aliphatic rings. The second kappa shape index (κ2) is 3.47. The highest BCUT2D eigenvalue weighted by Crippen LogP contribution is 2.28. The minimum atomic E-state index is -0.442. The van der Waals surface area contributed by atoms with Crippen LogP contribution in [0.15, 0.2) is 12.1 Å². The van der Waals surface area contributed by atoms with Gasteiger partial charge in [0.05, 0.1) is 4.92 Å². The highest BCUT2D eigenvalue weighted by Gasteiger charge is 2.35. The van der Waals surface area contributed by atoms with Crippen LogP contribution in [0.5, 0.6) is 0 Å². The molecule has 6 nitrogen and oxygen atoms in total. The van der Waals surface area contributed by atoms with Crippen molar-refractivity contribution >= 4 is 11.5 Å². The average molecular weight is 208 g/mol. The molecule has 1 aromatic rings. The maximum atomic E-state index is 10.7. The maximum absolute atomic E-state index is 10.7. The number of aromatic nitrogens is 1. The van der Waals surface area contributed by atoms with Gasteiger partial charge in [-0.15, -0.1) is 0 Å². The van der Waals surface area contributed by atoms with E-state index in [2.05, 4.69) is 10.3 Å². The molecule has 0 aromatic carbocycles. The van der Waals surface area contributed by atoms with Gasteiger partial charge >= 0.3 is 5.69 Å². The summed E-state index contributed by atoms with van der Waals surface area (Å²) in [6, 6.07) is 3.29. The molecule has 0 bridgehead atoms. The number of aryl methyl sites for hydroxylation is 1. The smallest absolute Gasteiger partial charge is 0.311 e. The highest BCUT2D eigenvalue weighted by molar-refractivity contribution is 5.57. The zero-order valence-corrected chi connectivity index (χ0v) is 8.30. The van der Waals surface area contributed by atoms with Crippen molar-refractivity contribution in [1.29, 1.82) is 0 Å². The SMILES string of the molecule is Cc1ccc([N+](=O)[O-])c(NC2CC2N)n1. The summed E-state index contributed by atoms with van der Waals surface area (Å²) in [4.78, 5) is 14.4. The van der Waals surface area contributed by atoms with Gasteiger partial charge in [0.1, 0.15) is 0 Å². The second-order valence-corrected chi connectivity index (χ2v) is 3.73. The molecule has 1 aliphatic carbocycles. The van der Waals surface area contributed by atoms with Crippen LogP contribution < -0.4 is 11.1 Å². The van der Waals surface area contributed by atoms with E-state index in [-0.39, 0.29) is 17.8 Å². The van der Waals surface area contributed by atoms with Crippen LogP contribution in [0.4, 0.5) is 11.5 Å². The minimum absolute atomic E-state index is 0.000278. The molecule has 0 aliphatic heterocycles. The highest BCUT2D eigenvalue weighted by atomic mass is 16.6. The molecule has 6 heteroatoms. The lowest BCUT2D eigenvalue weighted by Crippen LogP contribution is -2.15. The minimum Gasteiger partial charge on any atom is -0.360 e. The number of nitro groups is 1. The van der Waals surface area contributed by atoms with E-state index in [1.165, 1.54) is 6.07 Å². The zero-order chi connectivity index (χ0) is 11.0. The van der Waals surface area contributed by atoms with Crippen molar-refractivity contribution in [2.24, 2.45) is 5.73 Å². The predicted molar refractivity (Wildman–Crippen MR) is 55.6 cm³/mol. The van der Waals surface area contributed by atoms with Gasteiger partial charge in [-0.2, -0.15) is 0 Å². The molecule has 2 rings (SSSR count). The number of anilines is 1. The van der Waals surface area contributed by atoms with Gasteiger partial charge in [-0.05, 0) is 19.4 Å².